The predicted molar refractivity (Wildman–Crippen MR) is 124 cm³/mol. The van der Waals surface area contributed by atoms with E-state index in [4.69, 9.17) is 23.7 Å². The van der Waals surface area contributed by atoms with Crippen molar-refractivity contribution in [2.75, 3.05) is 47.0 Å². The lowest BCUT2D eigenvalue weighted by atomic mass is 10.1. The summed E-state index contributed by atoms with van der Waals surface area (Å²) in [6.45, 7) is 0.879. The lowest BCUT2D eigenvalue weighted by Gasteiger charge is -2.17. The van der Waals surface area contributed by atoms with E-state index in [1.165, 1.54) is 6.33 Å². The minimum atomic E-state index is 0.405. The molecule has 0 bridgehead atoms. The highest BCUT2D eigenvalue weighted by atomic mass is 16.5. The van der Waals surface area contributed by atoms with Gasteiger partial charge in [0, 0.05) is 35.4 Å². The standard InChI is InChI=1S/C24H25N3O5/c1-28-9-10-32-22-12-18-17(11-21(22)30-3)24(26-14-25-18)27-19-13-20(29-2)15-7-5-6-8-16(15)23(19)31-4/h5-8,11-14H,9-10H2,1-4H3,(H,25,26,27). The molecule has 8 heteroatoms. The van der Waals surface area contributed by atoms with Crippen LogP contribution in [0.25, 0.3) is 21.7 Å². The second-order valence-corrected chi connectivity index (χ2v) is 6.91. The van der Waals surface area contributed by atoms with Crippen LogP contribution >= 0.6 is 0 Å². The number of ether oxygens (including phenoxy) is 5. The molecular weight excluding hydrogens is 410 g/mol. The molecule has 8 nitrogen and oxygen atoms in total. The fourth-order valence-corrected chi connectivity index (χ4v) is 3.60. The molecule has 0 unspecified atom stereocenters. The molecule has 0 saturated carbocycles. The molecule has 3 aromatic carbocycles. The van der Waals surface area contributed by atoms with Crippen molar-refractivity contribution in [2.24, 2.45) is 0 Å². The summed E-state index contributed by atoms with van der Waals surface area (Å²) in [7, 11) is 6.51. The SMILES string of the molecule is COCCOc1cc2ncnc(Nc3cc(OC)c4ccccc4c3OC)c2cc1OC. The number of benzene rings is 3. The van der Waals surface area contributed by atoms with Crippen molar-refractivity contribution >= 4 is 33.2 Å². The number of anilines is 2. The van der Waals surface area contributed by atoms with Crippen LogP contribution in [0.2, 0.25) is 0 Å². The quantitative estimate of drug-likeness (QED) is 0.383. The third kappa shape index (κ3) is 4.04. The zero-order chi connectivity index (χ0) is 22.5. The third-order valence-electron chi connectivity index (χ3n) is 5.10. The summed E-state index contributed by atoms with van der Waals surface area (Å²) in [5.74, 6) is 3.20. The third-order valence-corrected chi connectivity index (χ3v) is 5.10. The van der Waals surface area contributed by atoms with Crippen LogP contribution < -0.4 is 24.3 Å². The normalized spacial score (nSPS) is 10.9. The Labute approximate surface area is 186 Å². The first-order valence-corrected chi connectivity index (χ1v) is 10.0. The van der Waals surface area contributed by atoms with E-state index in [1.807, 2.05) is 42.5 Å². The van der Waals surface area contributed by atoms with Crippen molar-refractivity contribution < 1.29 is 23.7 Å². The van der Waals surface area contributed by atoms with Gasteiger partial charge in [0.05, 0.1) is 39.1 Å². The molecule has 1 aromatic heterocycles. The molecule has 0 fully saturated rings. The van der Waals surface area contributed by atoms with Gasteiger partial charge in [-0.2, -0.15) is 0 Å². The van der Waals surface area contributed by atoms with E-state index in [2.05, 4.69) is 15.3 Å². The average Bonchev–Trinajstić information content (AvgIpc) is 2.83. The molecule has 1 N–H and O–H groups in total. The monoisotopic (exact) mass is 435 g/mol. The number of hydrogen-bond donors (Lipinski definition) is 1. The van der Waals surface area contributed by atoms with E-state index in [9.17, 15) is 0 Å². The van der Waals surface area contributed by atoms with E-state index in [0.29, 0.717) is 41.8 Å². The zero-order valence-electron chi connectivity index (χ0n) is 18.5. The van der Waals surface area contributed by atoms with Gasteiger partial charge in [-0.15, -0.1) is 0 Å². The maximum atomic E-state index is 5.78. The summed E-state index contributed by atoms with van der Waals surface area (Å²) in [6.07, 6.45) is 1.50. The van der Waals surface area contributed by atoms with Crippen LogP contribution in [0.4, 0.5) is 11.5 Å². The molecule has 1 heterocycles. The van der Waals surface area contributed by atoms with Crippen molar-refractivity contribution in [1.82, 2.24) is 9.97 Å². The number of fused-ring (bicyclic) bond motifs is 2. The largest absolute Gasteiger partial charge is 0.496 e. The molecule has 0 saturated heterocycles. The van der Waals surface area contributed by atoms with Crippen molar-refractivity contribution in [1.29, 1.82) is 0 Å². The van der Waals surface area contributed by atoms with E-state index in [0.717, 1.165) is 27.6 Å². The van der Waals surface area contributed by atoms with Gasteiger partial charge in [0.1, 0.15) is 30.3 Å². The van der Waals surface area contributed by atoms with Crippen molar-refractivity contribution in [3.63, 3.8) is 0 Å². The molecule has 0 amide bonds. The highest BCUT2D eigenvalue weighted by Crippen LogP contribution is 2.42. The van der Waals surface area contributed by atoms with E-state index < -0.39 is 0 Å². The number of nitrogens with one attached hydrogen (secondary N) is 1. The van der Waals surface area contributed by atoms with Crippen molar-refractivity contribution in [3.8, 4) is 23.0 Å². The Morgan fingerprint density at radius 1 is 0.750 bits per heavy atom. The molecule has 0 atom stereocenters. The topological polar surface area (TPSA) is 84.0 Å². The number of aromatic nitrogens is 2. The minimum absolute atomic E-state index is 0.405. The van der Waals surface area contributed by atoms with Gasteiger partial charge in [-0.05, 0) is 6.07 Å². The number of methoxy groups -OCH3 is 4. The summed E-state index contributed by atoms with van der Waals surface area (Å²) >= 11 is 0. The zero-order valence-corrected chi connectivity index (χ0v) is 18.5. The average molecular weight is 435 g/mol. The molecule has 0 radical (unpaired) electrons. The Morgan fingerprint density at radius 3 is 2.25 bits per heavy atom. The Balaban J connectivity index is 1.80. The van der Waals surface area contributed by atoms with Crippen LogP contribution in [-0.2, 0) is 4.74 Å². The smallest absolute Gasteiger partial charge is 0.163 e. The number of hydrogen-bond acceptors (Lipinski definition) is 8. The fourth-order valence-electron chi connectivity index (χ4n) is 3.60. The second-order valence-electron chi connectivity index (χ2n) is 6.91. The van der Waals surface area contributed by atoms with Crippen LogP contribution in [0.15, 0.2) is 48.8 Å². The number of rotatable bonds is 9. The number of nitrogens with zero attached hydrogens (tertiary/aromatic N) is 2. The van der Waals surface area contributed by atoms with Gasteiger partial charge in [-0.3, -0.25) is 0 Å². The molecular formula is C24H25N3O5. The molecule has 166 valence electrons. The summed E-state index contributed by atoms with van der Waals surface area (Å²) < 4.78 is 27.7. The van der Waals surface area contributed by atoms with Gasteiger partial charge in [-0.1, -0.05) is 24.3 Å². The molecule has 4 rings (SSSR count). The first kappa shape index (κ1) is 21.5. The lowest BCUT2D eigenvalue weighted by molar-refractivity contribution is 0.144. The van der Waals surface area contributed by atoms with Gasteiger partial charge in [0.2, 0.25) is 0 Å². The Morgan fingerprint density at radius 2 is 1.53 bits per heavy atom. The highest BCUT2D eigenvalue weighted by Gasteiger charge is 2.16. The van der Waals surface area contributed by atoms with Gasteiger partial charge in [0.25, 0.3) is 0 Å². The van der Waals surface area contributed by atoms with Crippen LogP contribution in [0.1, 0.15) is 0 Å². The molecule has 0 spiro atoms. The van der Waals surface area contributed by atoms with E-state index in [1.54, 1.807) is 28.4 Å². The Bertz CT molecular complexity index is 1250. The van der Waals surface area contributed by atoms with Crippen LogP contribution in [-0.4, -0.2) is 51.6 Å². The molecule has 0 aliphatic heterocycles. The molecule has 0 aliphatic carbocycles. The summed E-state index contributed by atoms with van der Waals surface area (Å²) in [5.41, 5.74) is 1.44. The van der Waals surface area contributed by atoms with E-state index in [-0.39, 0.29) is 0 Å². The maximum Gasteiger partial charge on any atom is 0.163 e. The first-order valence-electron chi connectivity index (χ1n) is 10.0. The summed E-state index contributed by atoms with van der Waals surface area (Å²) in [5, 5.41) is 6.05. The molecule has 4 aromatic rings. The summed E-state index contributed by atoms with van der Waals surface area (Å²) in [6, 6.07) is 13.5. The van der Waals surface area contributed by atoms with Gasteiger partial charge in [0.15, 0.2) is 11.5 Å². The predicted octanol–water partition coefficient (Wildman–Crippen LogP) is 4.58. The van der Waals surface area contributed by atoms with Crippen LogP contribution in [0.5, 0.6) is 23.0 Å². The van der Waals surface area contributed by atoms with Crippen LogP contribution in [0, 0.1) is 0 Å². The molecule has 0 aliphatic rings. The fraction of sp³-hybridized carbons (Fsp3) is 0.250. The summed E-state index contributed by atoms with van der Waals surface area (Å²) in [4.78, 5) is 8.86. The first-order chi connectivity index (χ1) is 15.7. The van der Waals surface area contributed by atoms with Crippen LogP contribution in [0.3, 0.4) is 0 Å². The van der Waals surface area contributed by atoms with Crippen molar-refractivity contribution in [2.45, 2.75) is 0 Å². The second kappa shape index (κ2) is 9.57. The van der Waals surface area contributed by atoms with Gasteiger partial charge >= 0.3 is 0 Å². The lowest BCUT2D eigenvalue weighted by Crippen LogP contribution is -2.06. The van der Waals surface area contributed by atoms with Crippen molar-refractivity contribution in [3.05, 3.63) is 48.8 Å². The minimum Gasteiger partial charge on any atom is -0.496 e. The molecule has 32 heavy (non-hydrogen) atoms. The highest BCUT2D eigenvalue weighted by molar-refractivity contribution is 6.00. The Hall–Kier alpha value is -3.78. The van der Waals surface area contributed by atoms with Gasteiger partial charge in [-0.25, -0.2) is 9.97 Å². The van der Waals surface area contributed by atoms with Gasteiger partial charge < -0.3 is 29.0 Å². The van der Waals surface area contributed by atoms with E-state index >= 15 is 0 Å². The Kier molecular flexibility index (Phi) is 6.42. The maximum absolute atomic E-state index is 5.78.